The molecular formula is C26H33N5O2. The quantitative estimate of drug-likeness (QED) is 0.516. The van der Waals surface area contributed by atoms with Crippen molar-refractivity contribution in [3.8, 4) is 17.0 Å². The molecule has 0 spiro atoms. The fraction of sp³-hybridized carbons (Fsp3) is 0.385. The van der Waals surface area contributed by atoms with Crippen molar-refractivity contribution in [2.24, 2.45) is 0 Å². The number of H-pyrrole nitrogens is 1. The topological polar surface area (TPSA) is 73.5 Å². The van der Waals surface area contributed by atoms with Crippen molar-refractivity contribution in [2.75, 3.05) is 51.3 Å². The van der Waals surface area contributed by atoms with E-state index < -0.39 is 0 Å². The standard InChI is InChI=1S/C26H33N5O2/c1-19-17-21(9-11-27-19)31-15-13-30(14-16-31)12-6-10-28-26(32)23-18-20(2)29-25(23)22-7-4-5-8-24(22)33-3/h4-5,7-9,11,17-18,29H,6,10,12-16H2,1-3H3,(H,28,32). The number of ether oxygens (including phenoxy) is 1. The molecular weight excluding hydrogens is 414 g/mol. The summed E-state index contributed by atoms with van der Waals surface area (Å²) in [6.07, 6.45) is 2.80. The highest BCUT2D eigenvalue weighted by Crippen LogP contribution is 2.31. The van der Waals surface area contributed by atoms with E-state index in [4.69, 9.17) is 4.74 Å². The highest BCUT2D eigenvalue weighted by Gasteiger charge is 2.19. The first-order valence-corrected chi connectivity index (χ1v) is 11.6. The Morgan fingerprint density at radius 3 is 2.67 bits per heavy atom. The summed E-state index contributed by atoms with van der Waals surface area (Å²) in [6.45, 7) is 9.72. The number of aromatic amines is 1. The molecule has 0 radical (unpaired) electrons. The van der Waals surface area contributed by atoms with Gasteiger partial charge >= 0.3 is 0 Å². The van der Waals surface area contributed by atoms with Gasteiger partial charge in [0.25, 0.3) is 5.91 Å². The van der Waals surface area contributed by atoms with Crippen LogP contribution in [0.2, 0.25) is 0 Å². The Balaban J connectivity index is 1.26. The molecule has 0 bridgehead atoms. The Bertz CT molecular complexity index is 1090. The van der Waals surface area contributed by atoms with Gasteiger partial charge in [-0.2, -0.15) is 0 Å². The Morgan fingerprint density at radius 2 is 1.91 bits per heavy atom. The van der Waals surface area contributed by atoms with Crippen molar-refractivity contribution in [1.82, 2.24) is 20.2 Å². The third-order valence-corrected chi connectivity index (χ3v) is 6.13. The predicted molar refractivity (Wildman–Crippen MR) is 132 cm³/mol. The molecule has 1 aromatic carbocycles. The van der Waals surface area contributed by atoms with E-state index in [0.717, 1.165) is 67.5 Å². The first-order chi connectivity index (χ1) is 16.0. The third kappa shape index (κ3) is 5.54. The highest BCUT2D eigenvalue weighted by molar-refractivity contribution is 6.01. The van der Waals surface area contributed by atoms with Crippen molar-refractivity contribution in [2.45, 2.75) is 20.3 Å². The summed E-state index contributed by atoms with van der Waals surface area (Å²) in [4.78, 5) is 25.4. The van der Waals surface area contributed by atoms with Gasteiger partial charge in [0.1, 0.15) is 5.75 Å². The minimum absolute atomic E-state index is 0.0573. The van der Waals surface area contributed by atoms with Crippen molar-refractivity contribution in [1.29, 1.82) is 0 Å². The predicted octanol–water partition coefficient (Wildman–Crippen LogP) is 3.64. The average molecular weight is 448 g/mol. The molecule has 2 aromatic heterocycles. The molecule has 33 heavy (non-hydrogen) atoms. The lowest BCUT2D eigenvalue weighted by atomic mass is 10.1. The number of methoxy groups -OCH3 is 1. The lowest BCUT2D eigenvalue weighted by Gasteiger charge is -2.36. The smallest absolute Gasteiger partial charge is 0.253 e. The number of para-hydroxylation sites is 1. The zero-order chi connectivity index (χ0) is 23.2. The van der Waals surface area contributed by atoms with Gasteiger partial charge in [0.15, 0.2) is 0 Å². The van der Waals surface area contributed by atoms with E-state index in [9.17, 15) is 4.79 Å². The van der Waals surface area contributed by atoms with Crippen LogP contribution in [0.15, 0.2) is 48.7 Å². The highest BCUT2D eigenvalue weighted by atomic mass is 16.5. The summed E-state index contributed by atoms with van der Waals surface area (Å²) in [5, 5.41) is 3.10. The van der Waals surface area contributed by atoms with E-state index in [2.05, 4.69) is 37.2 Å². The van der Waals surface area contributed by atoms with Gasteiger partial charge in [0.05, 0.1) is 18.4 Å². The number of pyridine rings is 1. The number of amides is 1. The zero-order valence-electron chi connectivity index (χ0n) is 19.7. The second-order valence-corrected chi connectivity index (χ2v) is 8.53. The average Bonchev–Trinajstić information content (AvgIpc) is 3.23. The third-order valence-electron chi connectivity index (χ3n) is 6.13. The number of rotatable bonds is 8. The molecule has 1 amide bonds. The molecule has 174 valence electrons. The summed E-state index contributed by atoms with van der Waals surface area (Å²) in [7, 11) is 1.65. The molecule has 4 rings (SSSR count). The molecule has 1 fully saturated rings. The molecule has 1 saturated heterocycles. The SMILES string of the molecule is COc1ccccc1-c1[nH]c(C)cc1C(=O)NCCCN1CCN(c2ccnc(C)c2)CC1. The van der Waals surface area contributed by atoms with Crippen molar-refractivity contribution in [3.05, 3.63) is 65.6 Å². The van der Waals surface area contributed by atoms with Crippen molar-refractivity contribution in [3.63, 3.8) is 0 Å². The van der Waals surface area contributed by atoms with E-state index in [1.54, 1.807) is 7.11 Å². The molecule has 7 nitrogen and oxygen atoms in total. The van der Waals surface area contributed by atoms with Crippen LogP contribution in [-0.2, 0) is 0 Å². The number of piperazine rings is 1. The lowest BCUT2D eigenvalue weighted by Crippen LogP contribution is -2.47. The summed E-state index contributed by atoms with van der Waals surface area (Å²) in [5.74, 6) is 0.688. The van der Waals surface area contributed by atoms with E-state index in [-0.39, 0.29) is 5.91 Å². The van der Waals surface area contributed by atoms with Gasteiger partial charge in [0, 0.05) is 61.6 Å². The van der Waals surface area contributed by atoms with Crippen LogP contribution in [-0.4, -0.2) is 67.2 Å². The fourth-order valence-electron chi connectivity index (χ4n) is 4.39. The van der Waals surface area contributed by atoms with E-state index >= 15 is 0 Å². The number of aromatic nitrogens is 2. The number of carbonyl (C=O) groups excluding carboxylic acids is 1. The fourth-order valence-corrected chi connectivity index (χ4v) is 4.39. The Kier molecular flexibility index (Phi) is 7.29. The molecule has 3 aromatic rings. The van der Waals surface area contributed by atoms with Gasteiger partial charge in [-0.3, -0.25) is 14.7 Å². The monoisotopic (exact) mass is 447 g/mol. The number of nitrogens with one attached hydrogen (secondary N) is 2. The van der Waals surface area contributed by atoms with Gasteiger partial charge in [-0.25, -0.2) is 0 Å². The minimum atomic E-state index is -0.0573. The molecule has 0 aliphatic carbocycles. The largest absolute Gasteiger partial charge is 0.496 e. The molecule has 2 N–H and O–H groups in total. The summed E-state index contributed by atoms with van der Waals surface area (Å²) in [6, 6.07) is 13.9. The van der Waals surface area contributed by atoms with E-state index in [1.807, 2.05) is 50.4 Å². The van der Waals surface area contributed by atoms with Crippen LogP contribution >= 0.6 is 0 Å². The first-order valence-electron chi connectivity index (χ1n) is 11.6. The van der Waals surface area contributed by atoms with Gasteiger partial charge < -0.3 is 19.9 Å². The van der Waals surface area contributed by atoms with E-state index in [0.29, 0.717) is 12.1 Å². The lowest BCUT2D eigenvalue weighted by molar-refractivity contribution is 0.0952. The van der Waals surface area contributed by atoms with Crippen LogP contribution in [0.3, 0.4) is 0 Å². The number of carbonyl (C=O) groups is 1. The molecule has 7 heteroatoms. The number of hydrogen-bond donors (Lipinski definition) is 2. The maximum atomic E-state index is 12.9. The summed E-state index contributed by atoms with van der Waals surface area (Å²) >= 11 is 0. The van der Waals surface area contributed by atoms with Crippen LogP contribution in [0, 0.1) is 13.8 Å². The molecule has 3 heterocycles. The van der Waals surface area contributed by atoms with E-state index in [1.165, 1.54) is 5.69 Å². The maximum absolute atomic E-state index is 12.9. The summed E-state index contributed by atoms with van der Waals surface area (Å²) < 4.78 is 5.49. The van der Waals surface area contributed by atoms with Crippen LogP contribution in [0.1, 0.15) is 28.2 Å². The number of hydrogen-bond acceptors (Lipinski definition) is 5. The normalized spacial score (nSPS) is 14.3. The molecule has 1 aliphatic rings. The minimum Gasteiger partial charge on any atom is -0.496 e. The Labute approximate surface area is 195 Å². The van der Waals surface area contributed by atoms with Gasteiger partial charge in [-0.05, 0) is 57.1 Å². The molecule has 1 aliphatic heterocycles. The van der Waals surface area contributed by atoms with Crippen molar-refractivity contribution >= 4 is 11.6 Å². The van der Waals surface area contributed by atoms with Crippen LogP contribution < -0.4 is 15.0 Å². The molecule has 0 saturated carbocycles. The Morgan fingerprint density at radius 1 is 1.12 bits per heavy atom. The van der Waals surface area contributed by atoms with Crippen LogP contribution in [0.25, 0.3) is 11.3 Å². The number of anilines is 1. The van der Waals surface area contributed by atoms with Gasteiger partial charge in [-0.1, -0.05) is 12.1 Å². The van der Waals surface area contributed by atoms with Gasteiger partial charge in [0.2, 0.25) is 0 Å². The van der Waals surface area contributed by atoms with Crippen LogP contribution in [0.5, 0.6) is 5.75 Å². The second-order valence-electron chi connectivity index (χ2n) is 8.53. The van der Waals surface area contributed by atoms with Crippen LogP contribution in [0.4, 0.5) is 5.69 Å². The second kappa shape index (κ2) is 10.5. The summed E-state index contributed by atoms with van der Waals surface area (Å²) in [5.41, 5.74) is 5.59. The first kappa shape index (κ1) is 22.9. The van der Waals surface area contributed by atoms with Crippen molar-refractivity contribution < 1.29 is 9.53 Å². The van der Waals surface area contributed by atoms with Gasteiger partial charge in [-0.15, -0.1) is 0 Å². The number of nitrogens with zero attached hydrogens (tertiary/aromatic N) is 3. The number of aryl methyl sites for hydroxylation is 2. The molecule has 0 unspecified atom stereocenters. The molecule has 0 atom stereocenters. The maximum Gasteiger partial charge on any atom is 0.253 e. The zero-order valence-corrected chi connectivity index (χ0v) is 19.7. The number of benzene rings is 1. The Hall–Kier alpha value is -3.32.